The molecule has 2 rings (SSSR count). The van der Waals surface area contributed by atoms with Crippen molar-refractivity contribution in [2.45, 2.75) is 56.5 Å². The Kier molecular flexibility index (Phi) is 6.28. The molecule has 1 aromatic rings. The quantitative estimate of drug-likeness (QED) is 0.501. The minimum absolute atomic E-state index is 0.383. The Balaban J connectivity index is 1.77. The molecule has 1 heterocycles. The molecule has 1 aliphatic rings. The average Bonchev–Trinajstić information content (AvgIpc) is 3.21. The van der Waals surface area contributed by atoms with Gasteiger partial charge in [0.1, 0.15) is 5.82 Å². The molecule has 1 unspecified atom stereocenters. The van der Waals surface area contributed by atoms with Crippen molar-refractivity contribution in [3.05, 3.63) is 5.82 Å². The van der Waals surface area contributed by atoms with Crippen LogP contribution >= 0.6 is 11.8 Å². The summed E-state index contributed by atoms with van der Waals surface area (Å²) in [5, 5.41) is 19.0. The molecule has 114 valence electrons. The molecular formula is C13H24N4O2S. The van der Waals surface area contributed by atoms with Gasteiger partial charge in [-0.25, -0.2) is 0 Å². The minimum Gasteiger partial charge on any atom is -0.390 e. The van der Waals surface area contributed by atoms with E-state index >= 15 is 0 Å². The maximum absolute atomic E-state index is 9.89. The predicted molar refractivity (Wildman–Crippen MR) is 78.6 cm³/mol. The number of hydrogen-bond acceptors (Lipinski definition) is 6. The van der Waals surface area contributed by atoms with E-state index in [0.29, 0.717) is 31.6 Å². The van der Waals surface area contributed by atoms with Crippen LogP contribution in [0, 0.1) is 0 Å². The zero-order valence-electron chi connectivity index (χ0n) is 12.0. The molecule has 3 N–H and O–H groups in total. The number of aromatic nitrogens is 3. The van der Waals surface area contributed by atoms with Gasteiger partial charge in [0, 0.05) is 18.4 Å². The summed E-state index contributed by atoms with van der Waals surface area (Å²) in [6.07, 6.45) is 4.01. The van der Waals surface area contributed by atoms with Gasteiger partial charge in [-0.15, -0.1) is 10.2 Å². The summed E-state index contributed by atoms with van der Waals surface area (Å²) < 4.78 is 7.53. The van der Waals surface area contributed by atoms with E-state index in [2.05, 4.69) is 21.7 Å². The van der Waals surface area contributed by atoms with Gasteiger partial charge in [-0.05, 0) is 19.3 Å². The molecule has 7 heteroatoms. The Bertz CT molecular complexity index is 409. The SMILES string of the molecule is CCCCOCC(O)CSc1nnc(CN)n1C1CC1. The van der Waals surface area contributed by atoms with E-state index in [4.69, 9.17) is 10.5 Å². The van der Waals surface area contributed by atoms with E-state index < -0.39 is 6.10 Å². The molecule has 0 radical (unpaired) electrons. The van der Waals surface area contributed by atoms with Crippen molar-refractivity contribution >= 4 is 11.8 Å². The van der Waals surface area contributed by atoms with Crippen LogP contribution in [-0.2, 0) is 11.3 Å². The topological polar surface area (TPSA) is 86.2 Å². The van der Waals surface area contributed by atoms with Crippen molar-refractivity contribution in [2.24, 2.45) is 5.73 Å². The van der Waals surface area contributed by atoms with Crippen LogP contribution in [0.1, 0.15) is 44.5 Å². The van der Waals surface area contributed by atoms with Crippen molar-refractivity contribution in [2.75, 3.05) is 19.0 Å². The van der Waals surface area contributed by atoms with Gasteiger partial charge in [0.25, 0.3) is 0 Å². The molecule has 0 aliphatic heterocycles. The van der Waals surface area contributed by atoms with Gasteiger partial charge >= 0.3 is 0 Å². The van der Waals surface area contributed by atoms with Gasteiger partial charge in [0.05, 0.1) is 19.3 Å². The number of hydrogen-bond donors (Lipinski definition) is 2. The van der Waals surface area contributed by atoms with Gasteiger partial charge in [-0.1, -0.05) is 25.1 Å². The molecule has 20 heavy (non-hydrogen) atoms. The molecule has 0 spiro atoms. The molecule has 1 saturated carbocycles. The number of ether oxygens (including phenoxy) is 1. The highest BCUT2D eigenvalue weighted by molar-refractivity contribution is 7.99. The van der Waals surface area contributed by atoms with Crippen LogP contribution in [0.15, 0.2) is 5.16 Å². The number of unbranched alkanes of at least 4 members (excludes halogenated alkanes) is 1. The van der Waals surface area contributed by atoms with E-state index in [1.807, 2.05) is 0 Å². The number of aliphatic hydroxyl groups is 1. The first-order valence-corrected chi connectivity index (χ1v) is 8.27. The highest BCUT2D eigenvalue weighted by atomic mass is 32.2. The van der Waals surface area contributed by atoms with Crippen LogP contribution in [0.3, 0.4) is 0 Å². The van der Waals surface area contributed by atoms with Crippen molar-refractivity contribution in [3.8, 4) is 0 Å². The fourth-order valence-corrected chi connectivity index (χ4v) is 2.86. The Labute approximate surface area is 124 Å². The van der Waals surface area contributed by atoms with E-state index in [-0.39, 0.29) is 0 Å². The highest BCUT2D eigenvalue weighted by Crippen LogP contribution is 2.38. The largest absolute Gasteiger partial charge is 0.390 e. The molecule has 1 fully saturated rings. The van der Waals surface area contributed by atoms with E-state index in [0.717, 1.165) is 23.8 Å². The number of rotatable bonds is 10. The lowest BCUT2D eigenvalue weighted by Gasteiger charge is -2.11. The first-order chi connectivity index (χ1) is 9.76. The first kappa shape index (κ1) is 15.8. The molecule has 6 nitrogen and oxygen atoms in total. The predicted octanol–water partition coefficient (Wildman–Crippen LogP) is 1.34. The van der Waals surface area contributed by atoms with E-state index in [9.17, 15) is 5.11 Å². The van der Waals surface area contributed by atoms with Gasteiger partial charge < -0.3 is 20.1 Å². The summed E-state index contributed by atoms with van der Waals surface area (Å²) in [7, 11) is 0. The van der Waals surface area contributed by atoms with Crippen LogP contribution in [0.5, 0.6) is 0 Å². The van der Waals surface area contributed by atoms with Gasteiger partial charge in [0.15, 0.2) is 5.16 Å². The zero-order chi connectivity index (χ0) is 14.4. The Morgan fingerprint density at radius 3 is 2.95 bits per heavy atom. The third-order valence-corrected chi connectivity index (χ3v) is 4.28. The molecule has 1 atom stereocenters. The van der Waals surface area contributed by atoms with Gasteiger partial charge in [-0.3, -0.25) is 0 Å². The summed E-state index contributed by atoms with van der Waals surface area (Å²) in [6, 6.07) is 0.504. The third kappa shape index (κ3) is 4.44. The van der Waals surface area contributed by atoms with Crippen molar-refractivity contribution in [1.29, 1.82) is 0 Å². The van der Waals surface area contributed by atoms with Crippen LogP contribution in [0.4, 0.5) is 0 Å². The molecular weight excluding hydrogens is 276 g/mol. The van der Waals surface area contributed by atoms with Crippen LogP contribution < -0.4 is 5.73 Å². The number of nitrogens with two attached hydrogens (primary N) is 1. The van der Waals surface area contributed by atoms with Crippen molar-refractivity contribution < 1.29 is 9.84 Å². The summed E-state index contributed by atoms with van der Waals surface area (Å²) in [4.78, 5) is 0. The summed E-state index contributed by atoms with van der Waals surface area (Å²) in [6.45, 7) is 3.63. The third-order valence-electron chi connectivity index (χ3n) is 3.19. The second kappa shape index (κ2) is 7.97. The summed E-state index contributed by atoms with van der Waals surface area (Å²) in [5.74, 6) is 1.41. The highest BCUT2D eigenvalue weighted by Gasteiger charge is 2.29. The van der Waals surface area contributed by atoms with E-state index in [1.54, 1.807) is 0 Å². The molecule has 0 bridgehead atoms. The average molecular weight is 300 g/mol. The number of nitrogens with zero attached hydrogens (tertiary/aromatic N) is 3. The lowest BCUT2D eigenvalue weighted by molar-refractivity contribution is 0.0473. The maximum atomic E-state index is 9.89. The maximum Gasteiger partial charge on any atom is 0.191 e. The van der Waals surface area contributed by atoms with Gasteiger partial charge in [-0.2, -0.15) is 0 Å². The van der Waals surface area contributed by atoms with Crippen molar-refractivity contribution in [1.82, 2.24) is 14.8 Å². The summed E-state index contributed by atoms with van der Waals surface area (Å²) in [5.41, 5.74) is 5.68. The molecule has 0 aromatic carbocycles. The standard InChI is InChI=1S/C13H24N4O2S/c1-2-3-6-19-8-11(18)9-20-13-16-15-12(7-14)17(13)10-4-5-10/h10-11,18H,2-9,14H2,1H3. The lowest BCUT2D eigenvalue weighted by Crippen LogP contribution is -2.19. The molecule has 1 aliphatic carbocycles. The smallest absolute Gasteiger partial charge is 0.191 e. The Morgan fingerprint density at radius 2 is 2.30 bits per heavy atom. The van der Waals surface area contributed by atoms with Crippen molar-refractivity contribution in [3.63, 3.8) is 0 Å². The monoisotopic (exact) mass is 300 g/mol. The number of thioether (sulfide) groups is 1. The fourth-order valence-electron chi connectivity index (χ4n) is 1.93. The minimum atomic E-state index is -0.470. The second-order valence-electron chi connectivity index (χ2n) is 5.10. The molecule has 1 aromatic heterocycles. The van der Waals surface area contributed by atoms with Gasteiger partial charge in [0.2, 0.25) is 0 Å². The van der Waals surface area contributed by atoms with Crippen LogP contribution in [0.2, 0.25) is 0 Å². The first-order valence-electron chi connectivity index (χ1n) is 7.28. The molecule has 0 saturated heterocycles. The fraction of sp³-hybridized carbons (Fsp3) is 0.846. The molecule has 0 amide bonds. The van der Waals surface area contributed by atoms with Crippen LogP contribution in [-0.4, -0.2) is 44.9 Å². The summed E-state index contributed by atoms with van der Waals surface area (Å²) >= 11 is 1.53. The second-order valence-corrected chi connectivity index (χ2v) is 6.08. The lowest BCUT2D eigenvalue weighted by atomic mass is 10.3. The normalized spacial score (nSPS) is 16.6. The van der Waals surface area contributed by atoms with Crippen LogP contribution in [0.25, 0.3) is 0 Å². The van der Waals surface area contributed by atoms with E-state index in [1.165, 1.54) is 24.6 Å². The Morgan fingerprint density at radius 1 is 1.50 bits per heavy atom. The Hall–Kier alpha value is -0.630. The number of aliphatic hydroxyl groups excluding tert-OH is 1. The zero-order valence-corrected chi connectivity index (χ0v) is 12.8.